The highest BCUT2D eigenvalue weighted by atomic mass is 16.6. The normalized spacial score (nSPS) is 15.1. The minimum Gasteiger partial charge on any atom is -0.482 e. The van der Waals surface area contributed by atoms with E-state index in [0.717, 1.165) is 16.0 Å². The van der Waals surface area contributed by atoms with E-state index in [4.69, 9.17) is 9.47 Å². The largest absolute Gasteiger partial charge is 0.482 e. The first kappa shape index (κ1) is 21.8. The summed E-state index contributed by atoms with van der Waals surface area (Å²) in [5, 5.41) is 2.20. The Balaban J connectivity index is 1.81. The second kappa shape index (κ2) is 9.25. The molecule has 1 saturated heterocycles. The van der Waals surface area contributed by atoms with E-state index >= 15 is 0 Å². The van der Waals surface area contributed by atoms with Gasteiger partial charge in [-0.3, -0.25) is 14.9 Å². The van der Waals surface area contributed by atoms with Crippen LogP contribution in [0.2, 0.25) is 0 Å². The number of carbonyl (C=O) groups is 4. The molecule has 8 nitrogen and oxygen atoms in total. The van der Waals surface area contributed by atoms with Crippen molar-refractivity contribution >= 4 is 35.6 Å². The lowest BCUT2D eigenvalue weighted by Crippen LogP contribution is -2.54. The van der Waals surface area contributed by atoms with Crippen molar-refractivity contribution in [3.63, 3.8) is 0 Å². The average Bonchev–Trinajstić information content (AvgIpc) is 2.73. The van der Waals surface area contributed by atoms with Gasteiger partial charge in [0.2, 0.25) is 0 Å². The van der Waals surface area contributed by atoms with Crippen molar-refractivity contribution in [3.05, 3.63) is 64.7 Å². The van der Waals surface area contributed by atoms with Crippen molar-refractivity contribution in [2.75, 3.05) is 18.1 Å². The van der Waals surface area contributed by atoms with Gasteiger partial charge in [0.05, 0.1) is 12.3 Å². The van der Waals surface area contributed by atoms with Gasteiger partial charge in [-0.2, -0.15) is 0 Å². The first-order chi connectivity index (χ1) is 14.8. The highest BCUT2D eigenvalue weighted by molar-refractivity contribution is 6.39. The quantitative estimate of drug-likeness (QED) is 0.436. The number of nitrogens with one attached hydrogen (secondary N) is 1. The molecule has 160 valence electrons. The van der Waals surface area contributed by atoms with E-state index in [1.54, 1.807) is 49.4 Å². The SMILES string of the molecule is CCOC(=O)COc1ccc(C=C2C(=O)NC(=O)N(c3ccc(C)c(C)c3)C2=O)cc1. The highest BCUT2D eigenvalue weighted by Gasteiger charge is 2.36. The van der Waals surface area contributed by atoms with Crippen LogP contribution in [-0.4, -0.2) is 37.0 Å². The van der Waals surface area contributed by atoms with Gasteiger partial charge in [0, 0.05) is 0 Å². The van der Waals surface area contributed by atoms with Gasteiger partial charge in [-0.05, 0) is 67.8 Å². The minimum atomic E-state index is -0.793. The number of barbiturate groups is 1. The Morgan fingerprint density at radius 2 is 1.74 bits per heavy atom. The Kier molecular flexibility index (Phi) is 6.49. The van der Waals surface area contributed by atoms with Gasteiger partial charge in [0.25, 0.3) is 11.8 Å². The Hall–Kier alpha value is -3.94. The topological polar surface area (TPSA) is 102 Å². The zero-order valence-electron chi connectivity index (χ0n) is 17.4. The van der Waals surface area contributed by atoms with Gasteiger partial charge in [-0.15, -0.1) is 0 Å². The van der Waals surface area contributed by atoms with Crippen LogP contribution in [0.25, 0.3) is 6.08 Å². The van der Waals surface area contributed by atoms with Gasteiger partial charge in [-0.1, -0.05) is 18.2 Å². The summed E-state index contributed by atoms with van der Waals surface area (Å²) in [4.78, 5) is 49.9. The highest BCUT2D eigenvalue weighted by Crippen LogP contribution is 2.24. The minimum absolute atomic E-state index is 0.168. The second-order valence-corrected chi connectivity index (χ2v) is 6.89. The molecule has 1 heterocycles. The summed E-state index contributed by atoms with van der Waals surface area (Å²) in [6, 6.07) is 10.8. The lowest BCUT2D eigenvalue weighted by Gasteiger charge is -2.26. The smallest absolute Gasteiger partial charge is 0.344 e. The maximum absolute atomic E-state index is 13.0. The summed E-state index contributed by atoms with van der Waals surface area (Å²) < 4.78 is 10.1. The van der Waals surface area contributed by atoms with E-state index in [2.05, 4.69) is 5.32 Å². The van der Waals surface area contributed by atoms with Crippen molar-refractivity contribution in [3.8, 4) is 5.75 Å². The van der Waals surface area contributed by atoms with Gasteiger partial charge < -0.3 is 9.47 Å². The number of aryl methyl sites for hydroxylation is 2. The molecule has 2 aromatic carbocycles. The molecule has 0 saturated carbocycles. The van der Waals surface area contributed by atoms with Crippen molar-refractivity contribution in [1.82, 2.24) is 5.32 Å². The summed E-state index contributed by atoms with van der Waals surface area (Å²) >= 11 is 0. The molecule has 31 heavy (non-hydrogen) atoms. The van der Waals surface area contributed by atoms with Crippen molar-refractivity contribution in [1.29, 1.82) is 0 Å². The number of hydrogen-bond acceptors (Lipinski definition) is 6. The zero-order valence-corrected chi connectivity index (χ0v) is 17.4. The number of rotatable bonds is 6. The van der Waals surface area contributed by atoms with E-state index < -0.39 is 23.8 Å². The number of carbonyl (C=O) groups excluding carboxylic acids is 4. The molecule has 1 N–H and O–H groups in total. The second-order valence-electron chi connectivity index (χ2n) is 6.89. The number of imide groups is 2. The standard InChI is InChI=1S/C23H22N2O6/c1-4-30-20(26)13-31-18-9-6-16(7-10-18)12-19-21(27)24-23(29)25(22(19)28)17-8-5-14(2)15(3)11-17/h5-12H,4,13H2,1-3H3,(H,24,27,29). The number of esters is 1. The van der Waals surface area contributed by atoms with Crippen LogP contribution in [0.4, 0.5) is 10.5 Å². The van der Waals surface area contributed by atoms with E-state index in [-0.39, 0.29) is 18.8 Å². The van der Waals surface area contributed by atoms with Crippen LogP contribution in [0.3, 0.4) is 0 Å². The summed E-state index contributed by atoms with van der Waals surface area (Å²) in [5.41, 5.74) is 2.70. The van der Waals surface area contributed by atoms with E-state index in [0.29, 0.717) is 17.0 Å². The molecule has 0 unspecified atom stereocenters. The van der Waals surface area contributed by atoms with E-state index in [1.807, 2.05) is 13.8 Å². The Morgan fingerprint density at radius 1 is 1.03 bits per heavy atom. The van der Waals surface area contributed by atoms with Crippen LogP contribution in [0, 0.1) is 13.8 Å². The fourth-order valence-corrected chi connectivity index (χ4v) is 2.93. The third-order valence-corrected chi connectivity index (χ3v) is 4.70. The summed E-state index contributed by atoms with van der Waals surface area (Å²) in [5.74, 6) is -1.52. The molecule has 4 amide bonds. The maximum Gasteiger partial charge on any atom is 0.344 e. The molecule has 1 fully saturated rings. The molecule has 0 atom stereocenters. The lowest BCUT2D eigenvalue weighted by molar-refractivity contribution is -0.145. The first-order valence-electron chi connectivity index (χ1n) is 9.67. The molecule has 8 heteroatoms. The Labute approximate surface area is 179 Å². The molecule has 0 bridgehead atoms. The Bertz CT molecular complexity index is 1070. The molecule has 0 aromatic heterocycles. The fourth-order valence-electron chi connectivity index (χ4n) is 2.93. The van der Waals surface area contributed by atoms with Crippen LogP contribution < -0.4 is 15.0 Å². The maximum atomic E-state index is 13.0. The van der Waals surface area contributed by atoms with E-state index in [1.165, 1.54) is 6.08 Å². The van der Waals surface area contributed by atoms with Crippen LogP contribution in [0.5, 0.6) is 5.75 Å². The Morgan fingerprint density at radius 3 is 2.39 bits per heavy atom. The number of nitrogens with zero attached hydrogens (tertiary/aromatic N) is 1. The monoisotopic (exact) mass is 422 g/mol. The van der Waals surface area contributed by atoms with Gasteiger partial charge in [0.15, 0.2) is 6.61 Å². The third-order valence-electron chi connectivity index (χ3n) is 4.70. The van der Waals surface area contributed by atoms with Crippen molar-refractivity contribution in [2.24, 2.45) is 0 Å². The molecule has 2 aromatic rings. The molecular weight excluding hydrogens is 400 g/mol. The van der Waals surface area contributed by atoms with Crippen LogP contribution in [0.1, 0.15) is 23.6 Å². The van der Waals surface area contributed by atoms with Gasteiger partial charge in [0.1, 0.15) is 11.3 Å². The number of amides is 4. The predicted molar refractivity (Wildman–Crippen MR) is 113 cm³/mol. The van der Waals surface area contributed by atoms with Gasteiger partial charge in [-0.25, -0.2) is 14.5 Å². The van der Waals surface area contributed by atoms with Crippen molar-refractivity contribution in [2.45, 2.75) is 20.8 Å². The number of urea groups is 1. The molecule has 1 aliphatic rings. The molecular formula is C23H22N2O6. The van der Waals surface area contributed by atoms with Crippen LogP contribution in [-0.2, 0) is 19.1 Å². The molecule has 1 aliphatic heterocycles. The molecule has 3 rings (SSSR count). The summed E-state index contributed by atoms with van der Waals surface area (Å²) in [7, 11) is 0. The lowest BCUT2D eigenvalue weighted by atomic mass is 10.1. The summed E-state index contributed by atoms with van der Waals surface area (Å²) in [6.07, 6.45) is 1.40. The number of anilines is 1. The van der Waals surface area contributed by atoms with Gasteiger partial charge >= 0.3 is 12.0 Å². The van der Waals surface area contributed by atoms with Crippen molar-refractivity contribution < 1.29 is 28.7 Å². The number of benzene rings is 2. The average molecular weight is 422 g/mol. The summed E-state index contributed by atoms with van der Waals surface area (Å²) in [6.45, 7) is 5.55. The fraction of sp³-hybridized carbons (Fsp3) is 0.217. The first-order valence-corrected chi connectivity index (χ1v) is 9.67. The van der Waals surface area contributed by atoms with E-state index in [9.17, 15) is 19.2 Å². The zero-order chi connectivity index (χ0) is 22.5. The number of hydrogen-bond donors (Lipinski definition) is 1. The third kappa shape index (κ3) is 4.98. The van der Waals surface area contributed by atoms with Crippen LogP contribution in [0.15, 0.2) is 48.0 Å². The molecule has 0 aliphatic carbocycles. The predicted octanol–water partition coefficient (Wildman–Crippen LogP) is 2.91. The number of ether oxygens (including phenoxy) is 2. The van der Waals surface area contributed by atoms with Crippen LogP contribution >= 0.6 is 0 Å². The molecule has 0 spiro atoms. The molecule has 0 radical (unpaired) electrons.